The van der Waals surface area contributed by atoms with Crippen LogP contribution in [0.15, 0.2) is 54.6 Å². The molecule has 0 spiro atoms. The molecule has 0 radical (unpaired) electrons. The van der Waals surface area contributed by atoms with E-state index in [-0.39, 0.29) is 19.0 Å². The van der Waals surface area contributed by atoms with Crippen molar-refractivity contribution in [3.8, 4) is 11.5 Å². The van der Waals surface area contributed by atoms with Gasteiger partial charge in [0.2, 0.25) is 0 Å². The van der Waals surface area contributed by atoms with Gasteiger partial charge in [-0.15, -0.1) is 0 Å². The number of nitrogens with one attached hydrogen (secondary N) is 2. The van der Waals surface area contributed by atoms with Gasteiger partial charge < -0.3 is 20.1 Å². The van der Waals surface area contributed by atoms with Crippen LogP contribution in [0.5, 0.6) is 11.5 Å². The first-order valence-electron chi connectivity index (χ1n) is 9.01. The first-order chi connectivity index (χ1) is 13.0. The number of hydrogen-bond donors (Lipinski definition) is 2. The summed E-state index contributed by atoms with van der Waals surface area (Å²) in [6.07, 6.45) is -1.20. The molecule has 0 bridgehead atoms. The highest BCUT2D eigenvalue weighted by molar-refractivity contribution is 5.80. The number of carbonyl (C=O) groups is 2. The Morgan fingerprint density at radius 2 is 1.52 bits per heavy atom. The van der Waals surface area contributed by atoms with Gasteiger partial charge in [-0.25, -0.2) is 4.79 Å². The van der Waals surface area contributed by atoms with E-state index in [2.05, 4.69) is 24.5 Å². The van der Waals surface area contributed by atoms with E-state index < -0.39 is 12.2 Å². The van der Waals surface area contributed by atoms with Gasteiger partial charge in [0, 0.05) is 13.1 Å². The number of para-hydroxylation sites is 2. The Balaban J connectivity index is 1.71. The molecule has 0 fully saturated rings. The standard InChI is InChI=1S/C21H26N2O4/c1-15(2)18-11-7-8-12-19(18)26-16(3)20(24)22-13-14-23-21(25)27-17-9-5-4-6-10-17/h4-12,15-16H,13-14H2,1-3H3,(H,22,24)(H,23,25). The zero-order valence-electron chi connectivity index (χ0n) is 15.9. The number of ether oxygens (including phenoxy) is 2. The third kappa shape index (κ3) is 6.66. The second kappa shape index (κ2) is 10.2. The summed E-state index contributed by atoms with van der Waals surface area (Å²) in [5.41, 5.74) is 1.06. The van der Waals surface area contributed by atoms with Crippen molar-refractivity contribution in [3.05, 3.63) is 60.2 Å². The van der Waals surface area contributed by atoms with Gasteiger partial charge in [0.05, 0.1) is 0 Å². The highest BCUT2D eigenvalue weighted by atomic mass is 16.6. The summed E-state index contributed by atoms with van der Waals surface area (Å²) in [6.45, 7) is 6.39. The Bertz CT molecular complexity index is 747. The predicted octanol–water partition coefficient (Wildman–Crippen LogP) is 3.48. The highest BCUT2D eigenvalue weighted by Gasteiger charge is 2.16. The fourth-order valence-electron chi connectivity index (χ4n) is 2.43. The molecule has 0 saturated carbocycles. The lowest BCUT2D eigenvalue weighted by Crippen LogP contribution is -2.41. The topological polar surface area (TPSA) is 76.7 Å². The Morgan fingerprint density at radius 1 is 0.889 bits per heavy atom. The molecule has 2 aromatic carbocycles. The summed E-state index contributed by atoms with van der Waals surface area (Å²) >= 11 is 0. The van der Waals surface area contributed by atoms with Crippen molar-refractivity contribution in [2.75, 3.05) is 13.1 Å². The van der Waals surface area contributed by atoms with Crippen LogP contribution in [0.1, 0.15) is 32.3 Å². The van der Waals surface area contributed by atoms with E-state index >= 15 is 0 Å². The van der Waals surface area contributed by atoms with Crippen LogP contribution >= 0.6 is 0 Å². The molecule has 6 nitrogen and oxygen atoms in total. The number of amides is 2. The summed E-state index contributed by atoms with van der Waals surface area (Å²) in [5, 5.41) is 5.32. The van der Waals surface area contributed by atoms with Gasteiger partial charge in [-0.2, -0.15) is 0 Å². The van der Waals surface area contributed by atoms with Crippen LogP contribution in [0.2, 0.25) is 0 Å². The number of rotatable bonds is 8. The zero-order chi connectivity index (χ0) is 19.6. The first-order valence-corrected chi connectivity index (χ1v) is 9.01. The van der Waals surface area contributed by atoms with Crippen molar-refractivity contribution in [2.45, 2.75) is 32.8 Å². The molecule has 27 heavy (non-hydrogen) atoms. The predicted molar refractivity (Wildman–Crippen MR) is 104 cm³/mol. The first kappa shape index (κ1) is 20.3. The van der Waals surface area contributed by atoms with Crippen molar-refractivity contribution >= 4 is 12.0 Å². The van der Waals surface area contributed by atoms with Crippen LogP contribution in [0.25, 0.3) is 0 Å². The monoisotopic (exact) mass is 370 g/mol. The van der Waals surface area contributed by atoms with Crippen LogP contribution in [0.3, 0.4) is 0 Å². The Morgan fingerprint density at radius 3 is 2.22 bits per heavy atom. The summed E-state index contributed by atoms with van der Waals surface area (Å²) in [5.74, 6) is 1.23. The van der Waals surface area contributed by atoms with Crippen molar-refractivity contribution in [3.63, 3.8) is 0 Å². The molecule has 0 aromatic heterocycles. The van der Waals surface area contributed by atoms with Crippen molar-refractivity contribution in [2.24, 2.45) is 0 Å². The lowest BCUT2D eigenvalue weighted by Gasteiger charge is -2.18. The fourth-order valence-corrected chi connectivity index (χ4v) is 2.43. The largest absolute Gasteiger partial charge is 0.481 e. The Labute approximate surface area is 159 Å². The molecule has 1 atom stereocenters. The lowest BCUT2D eigenvalue weighted by molar-refractivity contribution is -0.127. The summed E-state index contributed by atoms with van der Waals surface area (Å²) < 4.78 is 10.9. The molecule has 2 N–H and O–H groups in total. The quantitative estimate of drug-likeness (QED) is 0.698. The van der Waals surface area contributed by atoms with Crippen molar-refractivity contribution in [1.29, 1.82) is 0 Å². The normalized spacial score (nSPS) is 11.6. The minimum atomic E-state index is -0.638. The lowest BCUT2D eigenvalue weighted by atomic mass is 10.0. The SMILES string of the molecule is CC(Oc1ccccc1C(C)C)C(=O)NCCNC(=O)Oc1ccccc1. The number of benzene rings is 2. The third-order valence-corrected chi connectivity index (χ3v) is 3.86. The smallest absolute Gasteiger partial charge is 0.412 e. The molecule has 2 amide bonds. The molecular formula is C21H26N2O4. The van der Waals surface area contributed by atoms with Crippen LogP contribution in [0.4, 0.5) is 4.79 Å². The van der Waals surface area contributed by atoms with Gasteiger partial charge >= 0.3 is 6.09 Å². The van der Waals surface area contributed by atoms with Gasteiger partial charge in [0.25, 0.3) is 5.91 Å². The van der Waals surface area contributed by atoms with Crippen molar-refractivity contribution in [1.82, 2.24) is 10.6 Å². The molecule has 2 aromatic rings. The Kier molecular flexibility index (Phi) is 7.67. The zero-order valence-corrected chi connectivity index (χ0v) is 15.9. The molecule has 0 saturated heterocycles. The van der Waals surface area contributed by atoms with E-state index in [1.165, 1.54) is 0 Å². The molecule has 0 aliphatic carbocycles. The van der Waals surface area contributed by atoms with E-state index in [0.717, 1.165) is 5.56 Å². The molecule has 2 rings (SSSR count). The maximum Gasteiger partial charge on any atom is 0.412 e. The van der Waals surface area contributed by atoms with E-state index in [0.29, 0.717) is 17.4 Å². The number of hydrogen-bond acceptors (Lipinski definition) is 4. The van der Waals surface area contributed by atoms with Gasteiger partial charge in [-0.1, -0.05) is 50.2 Å². The average molecular weight is 370 g/mol. The van der Waals surface area contributed by atoms with Gasteiger partial charge in [-0.05, 0) is 36.6 Å². The van der Waals surface area contributed by atoms with Crippen LogP contribution in [-0.4, -0.2) is 31.2 Å². The summed E-state index contributed by atoms with van der Waals surface area (Å²) in [7, 11) is 0. The van der Waals surface area contributed by atoms with E-state index in [1.54, 1.807) is 31.2 Å². The number of carbonyl (C=O) groups excluding carboxylic acids is 2. The van der Waals surface area contributed by atoms with Gasteiger partial charge in [0.15, 0.2) is 6.10 Å². The average Bonchev–Trinajstić information content (AvgIpc) is 2.66. The highest BCUT2D eigenvalue weighted by Crippen LogP contribution is 2.26. The van der Waals surface area contributed by atoms with E-state index in [4.69, 9.17) is 9.47 Å². The molecule has 1 unspecified atom stereocenters. The fraction of sp³-hybridized carbons (Fsp3) is 0.333. The van der Waals surface area contributed by atoms with E-state index in [9.17, 15) is 9.59 Å². The van der Waals surface area contributed by atoms with Gasteiger partial charge in [-0.3, -0.25) is 4.79 Å². The Hall–Kier alpha value is -3.02. The third-order valence-electron chi connectivity index (χ3n) is 3.86. The molecule has 0 heterocycles. The maximum atomic E-state index is 12.2. The molecule has 0 aliphatic rings. The summed E-state index contributed by atoms with van der Waals surface area (Å²) in [4.78, 5) is 23.8. The van der Waals surface area contributed by atoms with Crippen LogP contribution in [-0.2, 0) is 4.79 Å². The van der Waals surface area contributed by atoms with E-state index in [1.807, 2.05) is 30.3 Å². The molecule has 0 aliphatic heterocycles. The minimum absolute atomic E-state index is 0.244. The maximum absolute atomic E-state index is 12.2. The van der Waals surface area contributed by atoms with Crippen LogP contribution in [0, 0.1) is 0 Å². The second-order valence-electron chi connectivity index (χ2n) is 6.37. The molecule has 6 heteroatoms. The second-order valence-corrected chi connectivity index (χ2v) is 6.37. The van der Waals surface area contributed by atoms with Gasteiger partial charge in [0.1, 0.15) is 11.5 Å². The molecular weight excluding hydrogens is 344 g/mol. The van der Waals surface area contributed by atoms with Crippen LogP contribution < -0.4 is 20.1 Å². The molecule has 144 valence electrons. The summed E-state index contributed by atoms with van der Waals surface area (Å²) in [6, 6.07) is 16.5. The van der Waals surface area contributed by atoms with Crippen molar-refractivity contribution < 1.29 is 19.1 Å². The minimum Gasteiger partial charge on any atom is -0.481 e.